The van der Waals surface area contributed by atoms with Crippen LogP contribution >= 0.6 is 22.7 Å². The SMILES string of the molecule is CC(C)(C)c1ccc2c(c1)N(c1cccc3sc4ccccc4c13)c1cc(N3c4ccc(C(C)(C)C)cc4C4(C)CCCCC34C)cc3c1B2c1ccc(N2c4ccc(C(C)(C)C)cc4C4(C)CCCCC24C)cc1N3c1cccc2c1sc1ccccc12. The van der Waals surface area contributed by atoms with E-state index in [0.717, 1.165) is 19.3 Å². The maximum atomic E-state index is 2.88. The van der Waals surface area contributed by atoms with Gasteiger partial charge in [0, 0.05) is 92.0 Å². The van der Waals surface area contributed by atoms with Gasteiger partial charge >= 0.3 is 0 Å². The topological polar surface area (TPSA) is 13.0 Å². The molecule has 0 bridgehead atoms. The minimum atomic E-state index is -0.195. The first-order valence-corrected chi connectivity index (χ1v) is 34.9. The fourth-order valence-electron chi connectivity index (χ4n) is 18.3. The highest BCUT2D eigenvalue weighted by atomic mass is 32.1. The number of nitrogens with zero attached hydrogens (tertiary/aromatic N) is 4. The molecule has 0 radical (unpaired) electrons. The molecule has 0 spiro atoms. The van der Waals surface area contributed by atoms with Gasteiger partial charge in [0.05, 0.1) is 27.2 Å². The average molecular weight is 1200 g/mol. The predicted octanol–water partition coefficient (Wildman–Crippen LogP) is 21.9. The second kappa shape index (κ2) is 18.7. The van der Waals surface area contributed by atoms with Crippen LogP contribution in [0.25, 0.3) is 40.3 Å². The van der Waals surface area contributed by atoms with Gasteiger partial charge in [0.1, 0.15) is 0 Å². The third kappa shape index (κ3) is 7.58. The van der Waals surface area contributed by atoms with Crippen molar-refractivity contribution in [3.05, 3.63) is 198 Å². The Morgan fingerprint density at radius 2 is 0.831 bits per heavy atom. The average Bonchev–Trinajstić information content (AvgIpc) is 1.70. The Balaban J connectivity index is 1.01. The van der Waals surface area contributed by atoms with E-state index in [1.165, 1.54) is 174 Å². The van der Waals surface area contributed by atoms with Gasteiger partial charge in [-0.05, 0) is 173 Å². The summed E-state index contributed by atoms with van der Waals surface area (Å²) in [5.74, 6) is 0. The zero-order valence-corrected chi connectivity index (χ0v) is 56.1. The Morgan fingerprint density at radius 1 is 0.371 bits per heavy atom. The van der Waals surface area contributed by atoms with Crippen molar-refractivity contribution >= 4 is 143 Å². The van der Waals surface area contributed by atoms with E-state index >= 15 is 0 Å². The fraction of sp³-hybridized carbons (Fsp3) is 0.341. The van der Waals surface area contributed by atoms with E-state index in [-0.39, 0.29) is 44.9 Å². The van der Waals surface area contributed by atoms with Crippen LogP contribution in [0.4, 0.5) is 56.9 Å². The minimum absolute atomic E-state index is 0.0153. The Morgan fingerprint density at radius 3 is 1.45 bits per heavy atom. The lowest BCUT2D eigenvalue weighted by Crippen LogP contribution is -2.61. The smallest absolute Gasteiger partial charge is 0.252 e. The molecule has 4 aliphatic heterocycles. The molecular formula is C82H83BN4S2. The normalized spacial score (nSPS) is 22.8. The van der Waals surface area contributed by atoms with E-state index in [1.807, 2.05) is 22.7 Å². The summed E-state index contributed by atoms with van der Waals surface area (Å²) in [7, 11) is 0. The summed E-state index contributed by atoms with van der Waals surface area (Å²) in [6.07, 6.45) is 9.51. The van der Waals surface area contributed by atoms with Crippen molar-refractivity contribution in [2.45, 2.75) is 180 Å². The molecule has 2 saturated carbocycles. The molecule has 6 aliphatic rings. The molecule has 0 amide bonds. The quantitative estimate of drug-likeness (QED) is 0.163. The van der Waals surface area contributed by atoms with Crippen LogP contribution in [0.15, 0.2) is 170 Å². The molecule has 17 rings (SSSR count). The van der Waals surface area contributed by atoms with E-state index in [9.17, 15) is 0 Å². The highest BCUT2D eigenvalue weighted by Gasteiger charge is 2.60. The maximum absolute atomic E-state index is 2.88. The molecule has 446 valence electrons. The lowest BCUT2D eigenvalue weighted by atomic mass is 9.33. The van der Waals surface area contributed by atoms with Crippen LogP contribution in [0.1, 0.15) is 169 Å². The largest absolute Gasteiger partial charge is 0.334 e. The number of hydrogen-bond donors (Lipinski definition) is 0. The Hall–Kier alpha value is -7.32. The monoisotopic (exact) mass is 1200 g/mol. The molecule has 0 N–H and O–H groups in total. The predicted molar refractivity (Wildman–Crippen MR) is 388 cm³/mol. The second-order valence-electron chi connectivity index (χ2n) is 31.5. The molecule has 7 heteroatoms. The Labute approximate surface area is 536 Å². The summed E-state index contributed by atoms with van der Waals surface area (Å²) in [6, 6.07) is 68.4. The van der Waals surface area contributed by atoms with Gasteiger partial charge in [0.15, 0.2) is 0 Å². The van der Waals surface area contributed by atoms with Crippen LogP contribution < -0.4 is 36.0 Å². The number of thiophene rings is 2. The summed E-state index contributed by atoms with van der Waals surface area (Å²) < 4.78 is 5.28. The second-order valence-corrected chi connectivity index (χ2v) is 33.7. The van der Waals surface area contributed by atoms with E-state index in [1.54, 1.807) is 0 Å². The Kier molecular flexibility index (Phi) is 11.7. The number of hydrogen-bond acceptors (Lipinski definition) is 6. The van der Waals surface area contributed by atoms with Crippen LogP contribution in [0, 0.1) is 0 Å². The molecule has 9 aromatic carbocycles. The summed E-state index contributed by atoms with van der Waals surface area (Å²) in [5, 5.41) is 5.27. The van der Waals surface area contributed by atoms with Crippen molar-refractivity contribution in [3.63, 3.8) is 0 Å². The van der Waals surface area contributed by atoms with E-state index in [0.29, 0.717) is 0 Å². The van der Waals surface area contributed by atoms with Crippen molar-refractivity contribution in [1.82, 2.24) is 0 Å². The first kappa shape index (κ1) is 55.7. The molecule has 89 heavy (non-hydrogen) atoms. The Bertz CT molecular complexity index is 4830. The van der Waals surface area contributed by atoms with Gasteiger partial charge in [-0.2, -0.15) is 0 Å². The van der Waals surface area contributed by atoms with Crippen molar-refractivity contribution in [1.29, 1.82) is 0 Å². The number of rotatable bonds is 4. The molecule has 4 unspecified atom stereocenters. The molecule has 11 aromatic rings. The van der Waals surface area contributed by atoms with Crippen LogP contribution in [0.5, 0.6) is 0 Å². The van der Waals surface area contributed by atoms with Gasteiger partial charge in [-0.15, -0.1) is 22.7 Å². The molecule has 4 atom stereocenters. The van der Waals surface area contributed by atoms with Gasteiger partial charge in [-0.25, -0.2) is 0 Å². The highest BCUT2D eigenvalue weighted by molar-refractivity contribution is 7.26. The van der Waals surface area contributed by atoms with Gasteiger partial charge in [0.25, 0.3) is 6.71 Å². The van der Waals surface area contributed by atoms with Crippen LogP contribution in [-0.2, 0) is 27.1 Å². The van der Waals surface area contributed by atoms with Crippen molar-refractivity contribution < 1.29 is 0 Å². The summed E-state index contributed by atoms with van der Waals surface area (Å²) in [4.78, 5) is 11.2. The maximum Gasteiger partial charge on any atom is 0.252 e. The van der Waals surface area contributed by atoms with Crippen LogP contribution in [0.3, 0.4) is 0 Å². The lowest BCUT2D eigenvalue weighted by Gasteiger charge is -2.51. The molecule has 2 aromatic heterocycles. The molecule has 2 aliphatic carbocycles. The highest BCUT2D eigenvalue weighted by Crippen LogP contribution is 2.65. The molecule has 0 saturated heterocycles. The standard InChI is InChI=1S/C82H83BN4S2/c1-76(2,3)50-33-38-62-58(44-50)79(10)40-18-20-42-81(79,12)86(62)53-35-37-61-67(47-53)85(65-28-22-26-56-55-24-14-16-29-70(55)89-75(56)65)69-49-54(87-63-39-34-51(77(4,5)6)45-59(63)80(11)41-19-21-43-82(80,87)13)48-68-74(69)83(61)60-36-32-52(78(7,8)9)46-66(60)84(68)64-27-23-31-72-73(64)57-25-15-17-30-71(57)88-72/h14-17,22-39,44-49H,18-21,40-43H2,1-13H3. The number of fused-ring (bicyclic) bond motifs is 16. The van der Waals surface area contributed by atoms with Crippen molar-refractivity contribution in [3.8, 4) is 0 Å². The van der Waals surface area contributed by atoms with Gasteiger partial charge in [-0.1, -0.05) is 199 Å². The third-order valence-electron chi connectivity index (χ3n) is 23.6. The van der Waals surface area contributed by atoms with Gasteiger partial charge in [0.2, 0.25) is 0 Å². The zero-order chi connectivity index (χ0) is 61.3. The van der Waals surface area contributed by atoms with Crippen molar-refractivity contribution in [2.24, 2.45) is 0 Å². The number of anilines is 10. The number of benzene rings is 9. The summed E-state index contributed by atoms with van der Waals surface area (Å²) in [6.45, 7) is 31.9. The molecule has 4 nitrogen and oxygen atoms in total. The van der Waals surface area contributed by atoms with Gasteiger partial charge in [-0.3, -0.25) is 0 Å². The summed E-state index contributed by atoms with van der Waals surface area (Å²) >= 11 is 3.87. The van der Waals surface area contributed by atoms with Crippen LogP contribution in [0.2, 0.25) is 0 Å². The third-order valence-corrected chi connectivity index (χ3v) is 26.0. The first-order chi connectivity index (χ1) is 42.5. The zero-order valence-electron chi connectivity index (χ0n) is 54.5. The molecule has 2 fully saturated rings. The minimum Gasteiger partial charge on any atom is -0.334 e. The van der Waals surface area contributed by atoms with E-state index in [4.69, 9.17) is 0 Å². The lowest BCUT2D eigenvalue weighted by molar-refractivity contribution is 0.195. The van der Waals surface area contributed by atoms with Crippen LogP contribution in [-0.4, -0.2) is 17.8 Å². The first-order valence-electron chi connectivity index (χ1n) is 33.3. The molecular weight excluding hydrogens is 1120 g/mol. The molecule has 6 heterocycles. The van der Waals surface area contributed by atoms with E-state index in [2.05, 4.69) is 279 Å². The van der Waals surface area contributed by atoms with Crippen molar-refractivity contribution in [2.75, 3.05) is 19.6 Å². The summed E-state index contributed by atoms with van der Waals surface area (Å²) in [5.41, 5.74) is 23.6. The van der Waals surface area contributed by atoms with Gasteiger partial charge < -0.3 is 19.6 Å². The van der Waals surface area contributed by atoms with E-state index < -0.39 is 0 Å². The fourth-order valence-corrected chi connectivity index (χ4v) is 20.6.